The second-order valence-electron chi connectivity index (χ2n) is 5.50. The zero-order chi connectivity index (χ0) is 13.1. The summed E-state index contributed by atoms with van der Waals surface area (Å²) in [4.78, 5) is 4.62. The molecule has 0 aromatic carbocycles. The molecular formula is C13H22N4O2. The maximum absolute atomic E-state index is 8.91. The molecule has 3 rings (SSSR count). The van der Waals surface area contributed by atoms with Crippen LogP contribution in [-0.4, -0.2) is 64.4 Å². The molecule has 1 aromatic rings. The molecule has 2 aliphatic rings. The summed E-state index contributed by atoms with van der Waals surface area (Å²) in [6, 6.07) is 0. The SMILES string of the molecule is OCCN1CCN(Cc2nnc(C3CCC3)o2)CC1. The molecule has 0 radical (unpaired) electrons. The second kappa shape index (κ2) is 5.98. The third-order valence-corrected chi connectivity index (χ3v) is 4.18. The summed E-state index contributed by atoms with van der Waals surface area (Å²) < 4.78 is 5.75. The van der Waals surface area contributed by atoms with Crippen molar-refractivity contribution in [3.8, 4) is 0 Å². The van der Waals surface area contributed by atoms with Crippen LogP contribution in [0.15, 0.2) is 4.42 Å². The Morgan fingerprint density at radius 3 is 2.47 bits per heavy atom. The predicted molar refractivity (Wildman–Crippen MR) is 69.7 cm³/mol. The number of β-amino-alcohol motifs (C(OH)–C–C–N with tert-alkyl or cyclic N) is 1. The zero-order valence-corrected chi connectivity index (χ0v) is 11.3. The Bertz CT molecular complexity index is 397. The highest BCUT2D eigenvalue weighted by Crippen LogP contribution is 2.35. The summed E-state index contributed by atoms with van der Waals surface area (Å²) >= 11 is 0. The molecule has 1 saturated carbocycles. The zero-order valence-electron chi connectivity index (χ0n) is 11.3. The van der Waals surface area contributed by atoms with Crippen LogP contribution in [0.4, 0.5) is 0 Å². The first-order valence-corrected chi connectivity index (χ1v) is 7.23. The van der Waals surface area contributed by atoms with Gasteiger partial charge in [0.25, 0.3) is 0 Å². The molecule has 1 N–H and O–H groups in total. The van der Waals surface area contributed by atoms with E-state index in [2.05, 4.69) is 20.0 Å². The van der Waals surface area contributed by atoms with Crippen LogP contribution in [0, 0.1) is 0 Å². The average molecular weight is 266 g/mol. The topological polar surface area (TPSA) is 65.6 Å². The Kier molecular flexibility index (Phi) is 4.10. The van der Waals surface area contributed by atoms with Crippen LogP contribution in [0.2, 0.25) is 0 Å². The van der Waals surface area contributed by atoms with Gasteiger partial charge in [0, 0.05) is 38.6 Å². The summed E-state index contributed by atoms with van der Waals surface area (Å²) in [5.41, 5.74) is 0. The monoisotopic (exact) mass is 266 g/mol. The Labute approximate surface area is 113 Å². The highest BCUT2D eigenvalue weighted by molar-refractivity contribution is 4.96. The Morgan fingerprint density at radius 2 is 1.84 bits per heavy atom. The molecule has 1 aliphatic heterocycles. The first-order valence-electron chi connectivity index (χ1n) is 7.23. The number of hydrogen-bond donors (Lipinski definition) is 1. The van der Waals surface area contributed by atoms with E-state index in [1.807, 2.05) is 0 Å². The van der Waals surface area contributed by atoms with Gasteiger partial charge >= 0.3 is 0 Å². The normalized spacial score (nSPS) is 22.6. The molecule has 0 atom stereocenters. The van der Waals surface area contributed by atoms with E-state index >= 15 is 0 Å². The molecule has 2 fully saturated rings. The number of aliphatic hydroxyl groups excluding tert-OH is 1. The standard InChI is InChI=1S/C13H22N4O2/c18-9-8-16-4-6-17(7-5-16)10-12-14-15-13(19-12)11-2-1-3-11/h11,18H,1-10H2. The lowest BCUT2D eigenvalue weighted by Crippen LogP contribution is -2.46. The number of nitrogens with zero attached hydrogens (tertiary/aromatic N) is 4. The van der Waals surface area contributed by atoms with E-state index in [0.29, 0.717) is 5.92 Å². The van der Waals surface area contributed by atoms with Crippen LogP contribution in [0.3, 0.4) is 0 Å². The van der Waals surface area contributed by atoms with E-state index in [9.17, 15) is 0 Å². The fraction of sp³-hybridized carbons (Fsp3) is 0.846. The average Bonchev–Trinajstić information content (AvgIpc) is 2.78. The molecule has 2 heterocycles. The van der Waals surface area contributed by atoms with Crippen molar-refractivity contribution < 1.29 is 9.52 Å². The van der Waals surface area contributed by atoms with Gasteiger partial charge in [0.1, 0.15) is 0 Å². The first kappa shape index (κ1) is 13.0. The van der Waals surface area contributed by atoms with Crippen molar-refractivity contribution >= 4 is 0 Å². The van der Waals surface area contributed by atoms with E-state index in [1.165, 1.54) is 19.3 Å². The van der Waals surface area contributed by atoms with Gasteiger partial charge in [-0.15, -0.1) is 10.2 Å². The van der Waals surface area contributed by atoms with Gasteiger partial charge in [0.2, 0.25) is 11.8 Å². The quantitative estimate of drug-likeness (QED) is 0.834. The van der Waals surface area contributed by atoms with Crippen LogP contribution in [0.25, 0.3) is 0 Å². The van der Waals surface area contributed by atoms with Gasteiger partial charge < -0.3 is 9.52 Å². The molecule has 0 amide bonds. The van der Waals surface area contributed by atoms with Crippen LogP contribution < -0.4 is 0 Å². The fourth-order valence-electron chi connectivity index (χ4n) is 2.65. The summed E-state index contributed by atoms with van der Waals surface area (Å²) in [5.74, 6) is 2.10. The van der Waals surface area contributed by atoms with Gasteiger partial charge in [0.15, 0.2) is 0 Å². The van der Waals surface area contributed by atoms with Gasteiger partial charge in [-0.1, -0.05) is 6.42 Å². The van der Waals surface area contributed by atoms with Gasteiger partial charge in [-0.25, -0.2) is 0 Å². The molecule has 0 bridgehead atoms. The molecule has 19 heavy (non-hydrogen) atoms. The molecule has 0 unspecified atom stereocenters. The molecule has 0 spiro atoms. The summed E-state index contributed by atoms with van der Waals surface area (Å²) in [6.45, 7) is 5.79. The highest BCUT2D eigenvalue weighted by Gasteiger charge is 2.26. The maximum atomic E-state index is 8.91. The maximum Gasteiger partial charge on any atom is 0.230 e. The Morgan fingerprint density at radius 1 is 1.11 bits per heavy atom. The molecule has 6 heteroatoms. The van der Waals surface area contributed by atoms with Gasteiger partial charge in [0.05, 0.1) is 13.2 Å². The van der Waals surface area contributed by atoms with Crippen molar-refractivity contribution in [1.82, 2.24) is 20.0 Å². The molecule has 106 valence electrons. The summed E-state index contributed by atoms with van der Waals surface area (Å²) in [5, 5.41) is 17.2. The lowest BCUT2D eigenvalue weighted by Gasteiger charge is -2.33. The van der Waals surface area contributed by atoms with E-state index in [4.69, 9.17) is 9.52 Å². The third-order valence-electron chi connectivity index (χ3n) is 4.18. The molecule has 1 saturated heterocycles. The summed E-state index contributed by atoms with van der Waals surface area (Å²) in [7, 11) is 0. The largest absolute Gasteiger partial charge is 0.424 e. The van der Waals surface area contributed by atoms with Crippen LogP contribution >= 0.6 is 0 Å². The molecule has 1 aromatic heterocycles. The van der Waals surface area contributed by atoms with Crippen molar-refractivity contribution in [3.63, 3.8) is 0 Å². The van der Waals surface area contributed by atoms with Gasteiger partial charge in [-0.2, -0.15) is 0 Å². The van der Waals surface area contributed by atoms with E-state index in [0.717, 1.165) is 51.0 Å². The predicted octanol–water partition coefficient (Wildman–Crippen LogP) is 0.447. The van der Waals surface area contributed by atoms with E-state index < -0.39 is 0 Å². The van der Waals surface area contributed by atoms with E-state index in [-0.39, 0.29) is 6.61 Å². The number of aromatic nitrogens is 2. The lowest BCUT2D eigenvalue weighted by molar-refractivity contribution is 0.102. The molecular weight excluding hydrogens is 244 g/mol. The smallest absolute Gasteiger partial charge is 0.230 e. The van der Waals surface area contributed by atoms with Crippen molar-refractivity contribution in [2.45, 2.75) is 31.7 Å². The van der Waals surface area contributed by atoms with Crippen LogP contribution in [0.5, 0.6) is 0 Å². The first-order chi connectivity index (χ1) is 9.35. The third kappa shape index (κ3) is 3.13. The highest BCUT2D eigenvalue weighted by atomic mass is 16.4. The minimum atomic E-state index is 0.244. The van der Waals surface area contributed by atoms with Crippen LogP contribution in [0.1, 0.15) is 37.0 Å². The van der Waals surface area contributed by atoms with Gasteiger partial charge in [-0.05, 0) is 12.8 Å². The molecule has 6 nitrogen and oxygen atoms in total. The fourth-order valence-corrected chi connectivity index (χ4v) is 2.65. The lowest BCUT2D eigenvalue weighted by atomic mass is 9.85. The number of piperazine rings is 1. The Balaban J connectivity index is 1.47. The minimum Gasteiger partial charge on any atom is -0.424 e. The number of hydrogen-bond acceptors (Lipinski definition) is 6. The summed E-state index contributed by atoms with van der Waals surface area (Å²) in [6.07, 6.45) is 3.68. The van der Waals surface area contributed by atoms with Gasteiger partial charge in [-0.3, -0.25) is 9.80 Å². The second-order valence-corrected chi connectivity index (χ2v) is 5.50. The van der Waals surface area contributed by atoms with Crippen molar-refractivity contribution in [1.29, 1.82) is 0 Å². The van der Waals surface area contributed by atoms with Crippen molar-refractivity contribution in [2.24, 2.45) is 0 Å². The molecule has 1 aliphatic carbocycles. The van der Waals surface area contributed by atoms with E-state index in [1.54, 1.807) is 0 Å². The Hall–Kier alpha value is -0.980. The number of aliphatic hydroxyl groups is 1. The minimum absolute atomic E-state index is 0.244. The van der Waals surface area contributed by atoms with Crippen molar-refractivity contribution in [2.75, 3.05) is 39.3 Å². The van der Waals surface area contributed by atoms with Crippen LogP contribution in [-0.2, 0) is 6.54 Å². The number of rotatable bonds is 5. The van der Waals surface area contributed by atoms with Crippen molar-refractivity contribution in [3.05, 3.63) is 11.8 Å².